The van der Waals surface area contributed by atoms with Crippen molar-refractivity contribution in [1.29, 1.82) is 0 Å². The molecule has 0 saturated carbocycles. The summed E-state index contributed by atoms with van der Waals surface area (Å²) in [6.45, 7) is 0.881. The van der Waals surface area contributed by atoms with Crippen LogP contribution in [0.25, 0.3) is 0 Å². The zero-order valence-corrected chi connectivity index (χ0v) is 14.9. The van der Waals surface area contributed by atoms with E-state index in [0.29, 0.717) is 6.42 Å². The zero-order valence-electron chi connectivity index (χ0n) is 14.9. The van der Waals surface area contributed by atoms with Gasteiger partial charge in [0, 0.05) is 6.54 Å². The molecule has 1 heterocycles. The maximum atomic E-state index is 12.6. The summed E-state index contributed by atoms with van der Waals surface area (Å²) in [5, 5.41) is 22.6. The molecule has 1 rings (SSSR count). The number of carboxylic acid groups (broad SMARTS) is 1. The number of nitrogens with one attached hydrogen (secondary N) is 2. The van der Waals surface area contributed by atoms with Gasteiger partial charge in [-0.05, 0) is 19.8 Å². The number of likely N-dealkylation sites (tertiary alicyclic amines) is 1. The normalized spacial score (nSPS) is 19.7. The number of carboxylic acids is 1. The van der Waals surface area contributed by atoms with Gasteiger partial charge in [0.2, 0.25) is 23.6 Å². The van der Waals surface area contributed by atoms with Crippen LogP contribution in [0.3, 0.4) is 0 Å². The number of hydrogen-bond acceptors (Lipinski definition) is 7. The van der Waals surface area contributed by atoms with E-state index < -0.39 is 66.8 Å². The van der Waals surface area contributed by atoms with E-state index in [-0.39, 0.29) is 13.0 Å². The van der Waals surface area contributed by atoms with Crippen molar-refractivity contribution >= 4 is 29.6 Å². The van der Waals surface area contributed by atoms with E-state index in [1.54, 1.807) is 0 Å². The Morgan fingerprint density at radius 3 is 2.33 bits per heavy atom. The lowest BCUT2D eigenvalue weighted by atomic mass is 10.1. The molecule has 1 aliphatic heterocycles. The number of carbonyl (C=O) groups is 5. The summed E-state index contributed by atoms with van der Waals surface area (Å²) >= 11 is 0. The highest BCUT2D eigenvalue weighted by atomic mass is 16.4. The molecule has 0 aromatic carbocycles. The van der Waals surface area contributed by atoms with Gasteiger partial charge in [-0.2, -0.15) is 0 Å². The van der Waals surface area contributed by atoms with Crippen LogP contribution in [0.4, 0.5) is 0 Å². The molecule has 0 aromatic rings. The Hall–Kier alpha value is -2.73. The van der Waals surface area contributed by atoms with Gasteiger partial charge in [-0.25, -0.2) is 4.79 Å². The molecule has 4 unspecified atom stereocenters. The van der Waals surface area contributed by atoms with Crippen LogP contribution in [0, 0.1) is 0 Å². The third kappa shape index (κ3) is 6.18. The van der Waals surface area contributed by atoms with Gasteiger partial charge in [-0.1, -0.05) is 0 Å². The summed E-state index contributed by atoms with van der Waals surface area (Å²) in [6.07, 6.45) is 0.222. The van der Waals surface area contributed by atoms with E-state index in [1.807, 2.05) is 0 Å². The number of rotatable bonds is 9. The summed E-state index contributed by atoms with van der Waals surface area (Å²) in [5.41, 5.74) is 10.5. The van der Waals surface area contributed by atoms with Crippen molar-refractivity contribution in [2.45, 2.75) is 50.4 Å². The van der Waals surface area contributed by atoms with Crippen LogP contribution in [0.5, 0.6) is 0 Å². The van der Waals surface area contributed by atoms with Crippen molar-refractivity contribution < 1.29 is 34.2 Å². The van der Waals surface area contributed by atoms with Gasteiger partial charge in [0.15, 0.2) is 0 Å². The van der Waals surface area contributed by atoms with Gasteiger partial charge >= 0.3 is 5.97 Å². The highest BCUT2D eigenvalue weighted by Crippen LogP contribution is 2.19. The molecule has 0 radical (unpaired) electrons. The van der Waals surface area contributed by atoms with Crippen LogP contribution >= 0.6 is 0 Å². The molecule has 4 atom stereocenters. The number of hydrogen-bond donors (Lipinski definition) is 6. The summed E-state index contributed by atoms with van der Waals surface area (Å²) in [4.78, 5) is 60.1. The molecule has 1 saturated heterocycles. The average Bonchev–Trinajstić information content (AvgIpc) is 3.09. The van der Waals surface area contributed by atoms with Crippen molar-refractivity contribution in [1.82, 2.24) is 15.5 Å². The Kier molecular flexibility index (Phi) is 8.12. The molecule has 4 amide bonds. The Labute approximate surface area is 155 Å². The first-order valence-electron chi connectivity index (χ1n) is 8.37. The minimum Gasteiger partial charge on any atom is -0.480 e. The second-order valence-electron chi connectivity index (χ2n) is 6.28. The first kappa shape index (κ1) is 22.3. The van der Waals surface area contributed by atoms with Crippen molar-refractivity contribution in [3.63, 3.8) is 0 Å². The third-order valence-corrected chi connectivity index (χ3v) is 4.13. The van der Waals surface area contributed by atoms with E-state index in [9.17, 15) is 29.1 Å². The highest BCUT2D eigenvalue weighted by Gasteiger charge is 2.38. The highest BCUT2D eigenvalue weighted by molar-refractivity contribution is 5.96. The predicted octanol–water partition coefficient (Wildman–Crippen LogP) is -3.75. The molecular formula is C15H25N5O7. The number of aliphatic hydroxyl groups excluding tert-OH is 1. The second-order valence-corrected chi connectivity index (χ2v) is 6.28. The van der Waals surface area contributed by atoms with E-state index in [1.165, 1.54) is 6.92 Å². The topological polar surface area (TPSA) is 205 Å². The molecule has 8 N–H and O–H groups in total. The SMILES string of the molecule is CC(NC(=O)C(N)CO)C(=O)NC(CC(N)=O)C(=O)N1CCCC1C(=O)O. The zero-order chi connectivity index (χ0) is 20.7. The average molecular weight is 387 g/mol. The minimum absolute atomic E-state index is 0.179. The molecule has 1 fully saturated rings. The van der Waals surface area contributed by atoms with Crippen LogP contribution in [0.2, 0.25) is 0 Å². The molecule has 1 aliphatic rings. The van der Waals surface area contributed by atoms with Crippen LogP contribution in [-0.2, 0) is 24.0 Å². The Balaban J connectivity index is 2.83. The molecule has 27 heavy (non-hydrogen) atoms. The molecular weight excluding hydrogens is 362 g/mol. The monoisotopic (exact) mass is 387 g/mol. The number of carbonyl (C=O) groups excluding carboxylic acids is 4. The summed E-state index contributed by atoms with van der Waals surface area (Å²) < 4.78 is 0. The largest absolute Gasteiger partial charge is 0.480 e. The fraction of sp³-hybridized carbons (Fsp3) is 0.667. The Morgan fingerprint density at radius 2 is 1.81 bits per heavy atom. The van der Waals surface area contributed by atoms with Crippen LogP contribution < -0.4 is 22.1 Å². The van der Waals surface area contributed by atoms with Crippen molar-refractivity contribution in [3.8, 4) is 0 Å². The Bertz CT molecular complexity index is 611. The van der Waals surface area contributed by atoms with Gasteiger partial charge in [0.05, 0.1) is 13.0 Å². The standard InChI is InChI=1S/C15H25N5O7/c1-7(18-13(24)8(16)6-21)12(23)19-9(5-11(17)22)14(25)20-4-2-3-10(20)15(26)27/h7-10,21H,2-6,16H2,1H3,(H2,17,22)(H,18,24)(H,19,23)(H,26,27). The van der Waals surface area contributed by atoms with Crippen molar-refractivity contribution in [3.05, 3.63) is 0 Å². The van der Waals surface area contributed by atoms with E-state index in [4.69, 9.17) is 16.6 Å². The first-order chi connectivity index (χ1) is 12.6. The lowest BCUT2D eigenvalue weighted by Crippen LogP contribution is -2.57. The Morgan fingerprint density at radius 1 is 1.19 bits per heavy atom. The third-order valence-electron chi connectivity index (χ3n) is 4.13. The van der Waals surface area contributed by atoms with Gasteiger partial charge in [0.25, 0.3) is 0 Å². The summed E-state index contributed by atoms with van der Waals surface area (Å²) in [5.74, 6) is -4.34. The van der Waals surface area contributed by atoms with Gasteiger partial charge in [-0.3, -0.25) is 19.2 Å². The van der Waals surface area contributed by atoms with Crippen LogP contribution in [-0.4, -0.2) is 82.0 Å². The minimum atomic E-state index is -1.36. The number of amides is 4. The van der Waals surface area contributed by atoms with Gasteiger partial charge in [-0.15, -0.1) is 0 Å². The van der Waals surface area contributed by atoms with E-state index in [0.717, 1.165) is 4.90 Å². The second kappa shape index (κ2) is 9.83. The van der Waals surface area contributed by atoms with Gasteiger partial charge in [0.1, 0.15) is 24.2 Å². The molecule has 0 spiro atoms. The van der Waals surface area contributed by atoms with E-state index in [2.05, 4.69) is 10.6 Å². The summed E-state index contributed by atoms with van der Waals surface area (Å²) in [7, 11) is 0. The smallest absolute Gasteiger partial charge is 0.326 e. The summed E-state index contributed by atoms with van der Waals surface area (Å²) in [6, 6.07) is -4.73. The van der Waals surface area contributed by atoms with Crippen molar-refractivity contribution in [2.75, 3.05) is 13.2 Å². The lowest BCUT2D eigenvalue weighted by Gasteiger charge is -2.27. The molecule has 12 nitrogen and oxygen atoms in total. The number of nitrogens with two attached hydrogens (primary N) is 2. The number of primary amides is 1. The first-order valence-corrected chi connectivity index (χ1v) is 8.37. The number of aliphatic carboxylic acids is 1. The quantitative estimate of drug-likeness (QED) is 0.231. The molecule has 0 aromatic heterocycles. The molecule has 152 valence electrons. The van der Waals surface area contributed by atoms with Crippen LogP contribution in [0.15, 0.2) is 0 Å². The van der Waals surface area contributed by atoms with Gasteiger partial charge < -0.3 is 37.2 Å². The predicted molar refractivity (Wildman–Crippen MR) is 90.8 cm³/mol. The maximum absolute atomic E-state index is 12.6. The maximum Gasteiger partial charge on any atom is 0.326 e. The van der Waals surface area contributed by atoms with Crippen LogP contribution in [0.1, 0.15) is 26.2 Å². The fourth-order valence-electron chi connectivity index (χ4n) is 2.65. The number of nitrogens with zero attached hydrogens (tertiary/aromatic N) is 1. The number of aliphatic hydroxyl groups is 1. The molecule has 0 aliphatic carbocycles. The van der Waals surface area contributed by atoms with E-state index >= 15 is 0 Å². The lowest BCUT2D eigenvalue weighted by molar-refractivity contribution is -0.149. The fourth-order valence-corrected chi connectivity index (χ4v) is 2.65. The van der Waals surface area contributed by atoms with Crippen molar-refractivity contribution in [2.24, 2.45) is 11.5 Å². The molecule has 12 heteroatoms. The molecule has 0 bridgehead atoms.